The molecule has 0 spiro atoms. The van der Waals surface area contributed by atoms with Gasteiger partial charge in [-0.2, -0.15) is 0 Å². The minimum absolute atomic E-state index is 0. The van der Waals surface area contributed by atoms with Gasteiger partial charge < -0.3 is 10.6 Å². The predicted molar refractivity (Wildman–Crippen MR) is 117 cm³/mol. The van der Waals surface area contributed by atoms with Gasteiger partial charge in [-0.15, -0.1) is 35.3 Å². The van der Waals surface area contributed by atoms with Crippen LogP contribution in [0.2, 0.25) is 0 Å². The van der Waals surface area contributed by atoms with Gasteiger partial charge in [0.05, 0.1) is 11.8 Å². The number of guanidine groups is 1. The highest BCUT2D eigenvalue weighted by Gasteiger charge is 2.58. The van der Waals surface area contributed by atoms with E-state index in [1.165, 1.54) is 9.78 Å². The van der Waals surface area contributed by atoms with Crippen LogP contribution >= 0.6 is 35.3 Å². The van der Waals surface area contributed by atoms with Gasteiger partial charge in [-0.1, -0.05) is 18.2 Å². The lowest BCUT2D eigenvalue weighted by Crippen LogP contribution is -2.44. The number of nitrogens with zero attached hydrogens (tertiary/aromatic N) is 2. The lowest BCUT2D eigenvalue weighted by Gasteiger charge is -2.18. The zero-order valence-corrected chi connectivity index (χ0v) is 18.4. The van der Waals surface area contributed by atoms with Gasteiger partial charge in [-0.25, -0.2) is 0 Å². The summed E-state index contributed by atoms with van der Waals surface area (Å²) >= 11 is 1.74. The molecule has 146 valence electrons. The number of likely N-dealkylation sites (tertiary alicyclic amines) is 1. The van der Waals surface area contributed by atoms with Crippen LogP contribution in [-0.4, -0.2) is 49.4 Å². The molecule has 2 aliphatic carbocycles. The first-order valence-electron chi connectivity index (χ1n) is 9.19. The lowest BCUT2D eigenvalue weighted by molar-refractivity contribution is -0.140. The summed E-state index contributed by atoms with van der Waals surface area (Å²) in [5, 5.41) is 8.54. The molecule has 8 heteroatoms. The first-order chi connectivity index (χ1) is 12.7. The molecule has 2 fully saturated rings. The highest BCUT2D eigenvalue weighted by Crippen LogP contribution is 2.52. The van der Waals surface area contributed by atoms with Crippen LogP contribution in [0.3, 0.4) is 0 Å². The van der Waals surface area contributed by atoms with Crippen LogP contribution in [0.4, 0.5) is 0 Å². The van der Waals surface area contributed by atoms with Crippen LogP contribution < -0.4 is 10.6 Å². The Morgan fingerprint density at radius 2 is 1.85 bits per heavy atom. The van der Waals surface area contributed by atoms with Crippen molar-refractivity contribution in [2.24, 2.45) is 28.7 Å². The molecule has 27 heavy (non-hydrogen) atoms. The molecule has 4 unspecified atom stereocenters. The standard InChI is InChI=1S/C19H24N4O2S.HI/c1-20-19(21-7-6-14-3-2-10-26-14)22-8-9-23-17(24)15-12-4-5-13(11-12)16(15)18(23)25;/h2-5,10,12-13,15-16H,6-9,11H2,1H3,(H2,20,21,22);1H. The molecule has 1 aliphatic heterocycles. The smallest absolute Gasteiger partial charge is 0.233 e. The number of rotatable bonds is 6. The number of fused-ring (bicyclic) bond motifs is 5. The molecule has 1 aromatic heterocycles. The van der Waals surface area contributed by atoms with Gasteiger partial charge in [0, 0.05) is 31.6 Å². The van der Waals surface area contributed by atoms with E-state index < -0.39 is 0 Å². The van der Waals surface area contributed by atoms with Gasteiger partial charge in [-0.3, -0.25) is 19.5 Å². The van der Waals surface area contributed by atoms with Crippen molar-refractivity contribution in [1.82, 2.24) is 15.5 Å². The van der Waals surface area contributed by atoms with Gasteiger partial charge >= 0.3 is 0 Å². The highest BCUT2D eigenvalue weighted by molar-refractivity contribution is 14.0. The maximum absolute atomic E-state index is 12.6. The van der Waals surface area contributed by atoms with Crippen LogP contribution in [0.1, 0.15) is 11.3 Å². The zero-order valence-electron chi connectivity index (χ0n) is 15.3. The SMILES string of the molecule is CN=C(NCCc1cccs1)NCCN1C(=O)C2C3C=CC(C3)C2C1=O.I. The van der Waals surface area contributed by atoms with E-state index >= 15 is 0 Å². The number of allylic oxidation sites excluding steroid dienone is 2. The molecule has 6 nitrogen and oxygen atoms in total. The molecular formula is C19H25IN4O2S. The number of imide groups is 1. The Bertz CT molecular complexity index is 719. The van der Waals surface area contributed by atoms with Crippen LogP contribution in [-0.2, 0) is 16.0 Å². The molecule has 2 amide bonds. The molecule has 0 aromatic carbocycles. The van der Waals surface area contributed by atoms with Crippen LogP contribution in [0.5, 0.6) is 0 Å². The minimum atomic E-state index is -0.110. The van der Waals surface area contributed by atoms with E-state index in [4.69, 9.17) is 0 Å². The van der Waals surface area contributed by atoms with Crippen molar-refractivity contribution in [3.63, 3.8) is 0 Å². The van der Waals surface area contributed by atoms with Crippen LogP contribution in [0.15, 0.2) is 34.7 Å². The lowest BCUT2D eigenvalue weighted by atomic mass is 9.85. The van der Waals surface area contributed by atoms with Gasteiger partial charge in [0.25, 0.3) is 0 Å². The van der Waals surface area contributed by atoms with E-state index in [2.05, 4.69) is 39.2 Å². The number of thiophene rings is 1. The van der Waals surface area contributed by atoms with E-state index in [0.29, 0.717) is 19.0 Å². The molecule has 2 bridgehead atoms. The third-order valence-electron chi connectivity index (χ3n) is 5.66. The Kier molecular flexibility index (Phi) is 6.56. The zero-order chi connectivity index (χ0) is 18.1. The van der Waals surface area contributed by atoms with E-state index in [1.807, 2.05) is 6.07 Å². The second-order valence-corrected chi connectivity index (χ2v) is 8.12. The molecule has 2 N–H and O–H groups in total. The van der Waals surface area contributed by atoms with E-state index in [1.54, 1.807) is 18.4 Å². The quantitative estimate of drug-likeness (QED) is 0.206. The summed E-state index contributed by atoms with van der Waals surface area (Å²) in [4.78, 5) is 32.3. The summed E-state index contributed by atoms with van der Waals surface area (Å²) in [5.74, 6) is 1.04. The Labute approximate surface area is 180 Å². The number of hydrogen-bond acceptors (Lipinski definition) is 4. The predicted octanol–water partition coefficient (Wildman–Crippen LogP) is 1.88. The second-order valence-electron chi connectivity index (χ2n) is 7.08. The van der Waals surface area contributed by atoms with Gasteiger partial charge in [0.15, 0.2) is 5.96 Å². The molecule has 2 heterocycles. The number of amides is 2. The van der Waals surface area contributed by atoms with Crippen LogP contribution in [0, 0.1) is 23.7 Å². The number of hydrogen-bond donors (Lipinski definition) is 2. The summed E-state index contributed by atoms with van der Waals surface area (Å²) in [6, 6.07) is 4.17. The first-order valence-corrected chi connectivity index (χ1v) is 10.1. The van der Waals surface area contributed by atoms with Crippen LogP contribution in [0.25, 0.3) is 0 Å². The Balaban J connectivity index is 0.00000210. The molecule has 4 atom stereocenters. The van der Waals surface area contributed by atoms with E-state index in [9.17, 15) is 9.59 Å². The Morgan fingerprint density at radius 1 is 1.19 bits per heavy atom. The molecule has 3 aliphatic rings. The molecule has 4 rings (SSSR count). The molecule has 1 saturated carbocycles. The van der Waals surface area contributed by atoms with E-state index in [-0.39, 0.29) is 59.5 Å². The van der Waals surface area contributed by atoms with Crippen molar-refractivity contribution in [2.75, 3.05) is 26.7 Å². The van der Waals surface area contributed by atoms with Crippen molar-refractivity contribution in [2.45, 2.75) is 12.8 Å². The fourth-order valence-electron chi connectivity index (χ4n) is 4.45. The summed E-state index contributed by atoms with van der Waals surface area (Å²) in [7, 11) is 1.72. The molecule has 1 saturated heterocycles. The van der Waals surface area contributed by atoms with Crippen molar-refractivity contribution in [1.29, 1.82) is 0 Å². The summed E-state index contributed by atoms with van der Waals surface area (Å²) in [6.07, 6.45) is 6.16. The number of carbonyl (C=O) groups is 2. The second kappa shape index (κ2) is 8.72. The minimum Gasteiger partial charge on any atom is -0.356 e. The molecule has 0 radical (unpaired) electrons. The summed E-state index contributed by atoms with van der Waals surface area (Å²) in [5.41, 5.74) is 0. The fourth-order valence-corrected chi connectivity index (χ4v) is 5.16. The summed E-state index contributed by atoms with van der Waals surface area (Å²) in [6.45, 7) is 1.70. The topological polar surface area (TPSA) is 73.8 Å². The van der Waals surface area contributed by atoms with Gasteiger partial charge in [0.1, 0.15) is 0 Å². The number of nitrogens with one attached hydrogen (secondary N) is 2. The normalized spacial score (nSPS) is 28.5. The average molecular weight is 500 g/mol. The fraction of sp³-hybridized carbons (Fsp3) is 0.526. The third kappa shape index (κ3) is 3.91. The van der Waals surface area contributed by atoms with Crippen molar-refractivity contribution in [3.8, 4) is 0 Å². The van der Waals surface area contributed by atoms with Crippen molar-refractivity contribution >= 4 is 53.1 Å². The monoisotopic (exact) mass is 500 g/mol. The van der Waals surface area contributed by atoms with E-state index in [0.717, 1.165) is 19.4 Å². The highest BCUT2D eigenvalue weighted by atomic mass is 127. The maximum Gasteiger partial charge on any atom is 0.233 e. The Morgan fingerprint density at radius 3 is 2.44 bits per heavy atom. The van der Waals surface area contributed by atoms with Gasteiger partial charge in [-0.05, 0) is 36.1 Å². The largest absolute Gasteiger partial charge is 0.356 e. The first kappa shape index (κ1) is 20.3. The molecule has 1 aromatic rings. The number of halogens is 1. The summed E-state index contributed by atoms with van der Waals surface area (Å²) < 4.78 is 0. The number of aliphatic imine (C=N–C) groups is 1. The maximum atomic E-state index is 12.6. The van der Waals surface area contributed by atoms with Crippen molar-refractivity contribution in [3.05, 3.63) is 34.5 Å². The van der Waals surface area contributed by atoms with Gasteiger partial charge in [0.2, 0.25) is 11.8 Å². The average Bonchev–Trinajstić information content (AvgIpc) is 3.41. The van der Waals surface area contributed by atoms with Crippen molar-refractivity contribution < 1.29 is 9.59 Å². The molecular weight excluding hydrogens is 475 g/mol. The number of carbonyl (C=O) groups excluding carboxylic acids is 2. The third-order valence-corrected chi connectivity index (χ3v) is 6.59. The Hall–Kier alpha value is -1.42.